The van der Waals surface area contributed by atoms with Gasteiger partial charge in [-0.3, -0.25) is 4.79 Å². The summed E-state index contributed by atoms with van der Waals surface area (Å²) in [5.74, 6) is -0.784. The zero-order valence-corrected chi connectivity index (χ0v) is 20.4. The van der Waals surface area contributed by atoms with Crippen molar-refractivity contribution in [3.63, 3.8) is 0 Å². The van der Waals surface area contributed by atoms with Crippen molar-refractivity contribution < 1.29 is 31.6 Å². The van der Waals surface area contributed by atoms with Gasteiger partial charge in [0.1, 0.15) is 5.75 Å². The first-order valence-corrected chi connectivity index (χ1v) is 16.3. The van der Waals surface area contributed by atoms with Gasteiger partial charge in [0.25, 0.3) is 0 Å². The molecule has 0 heterocycles. The number of carbonyl (C=O) groups excluding carboxylic acids is 1. The normalized spacial score (nSPS) is 13.8. The minimum absolute atomic E-state index is 0.220. The van der Waals surface area contributed by atoms with Crippen LogP contribution in [-0.4, -0.2) is 53.8 Å². The topological polar surface area (TPSA) is 48.0 Å². The highest BCUT2D eigenvalue weighted by Crippen LogP contribution is 2.35. The van der Waals surface area contributed by atoms with Crippen LogP contribution in [-0.2, 0) is 9.22 Å². The SMILES string of the molecule is CCOc1cc(C(CN(C)C(=O)C(F)(F)F)O[Si](C)(C)C)ccc1O[Si](C)(C)C. The maximum absolute atomic E-state index is 12.8. The summed E-state index contributed by atoms with van der Waals surface area (Å²) in [4.78, 5) is 12.2. The van der Waals surface area contributed by atoms with Gasteiger partial charge in [-0.25, -0.2) is 0 Å². The molecule has 1 unspecified atom stereocenters. The summed E-state index contributed by atoms with van der Waals surface area (Å²) < 4.78 is 56.3. The van der Waals surface area contributed by atoms with E-state index in [1.54, 1.807) is 18.2 Å². The minimum Gasteiger partial charge on any atom is -0.542 e. The number of hydrogen-bond acceptors (Lipinski definition) is 4. The van der Waals surface area contributed by atoms with Gasteiger partial charge in [-0.15, -0.1) is 0 Å². The molecule has 1 atom stereocenters. The number of nitrogens with zero attached hydrogens (tertiary/aromatic N) is 1. The lowest BCUT2D eigenvalue weighted by molar-refractivity contribution is -0.185. The van der Waals surface area contributed by atoms with Crippen LogP contribution in [0.2, 0.25) is 39.3 Å². The van der Waals surface area contributed by atoms with Gasteiger partial charge < -0.3 is 18.5 Å². The Morgan fingerprint density at radius 2 is 1.66 bits per heavy atom. The van der Waals surface area contributed by atoms with Crippen LogP contribution >= 0.6 is 0 Å². The standard InChI is InChI=1S/C19H32F3NO4Si2/c1-9-25-16-12-14(10-11-15(16)26-28(3,4)5)17(27-29(6,7)8)13-23(2)18(24)19(20,21)22/h10-12,17H,9,13H2,1-8H3. The van der Waals surface area contributed by atoms with Gasteiger partial charge in [0.05, 0.1) is 12.7 Å². The van der Waals surface area contributed by atoms with E-state index in [0.717, 1.165) is 7.05 Å². The Morgan fingerprint density at radius 3 is 2.10 bits per heavy atom. The molecule has 0 aliphatic heterocycles. The molecule has 0 saturated carbocycles. The molecular formula is C19H32F3NO4Si2. The van der Waals surface area contributed by atoms with Crippen molar-refractivity contribution in [2.45, 2.75) is 58.5 Å². The number of amides is 1. The van der Waals surface area contributed by atoms with Gasteiger partial charge >= 0.3 is 12.1 Å². The molecule has 0 radical (unpaired) electrons. The van der Waals surface area contributed by atoms with Crippen molar-refractivity contribution in [1.29, 1.82) is 0 Å². The van der Waals surface area contributed by atoms with Crippen LogP contribution in [0.15, 0.2) is 18.2 Å². The summed E-state index contributed by atoms with van der Waals surface area (Å²) in [6, 6.07) is 5.25. The van der Waals surface area contributed by atoms with E-state index in [1.165, 1.54) is 0 Å². The predicted molar refractivity (Wildman–Crippen MR) is 112 cm³/mol. The van der Waals surface area contributed by atoms with Crippen LogP contribution in [0.1, 0.15) is 18.6 Å². The molecule has 1 amide bonds. The quantitative estimate of drug-likeness (QED) is 0.484. The Hall–Kier alpha value is -1.53. The van der Waals surface area contributed by atoms with Crippen molar-refractivity contribution in [3.8, 4) is 11.5 Å². The van der Waals surface area contributed by atoms with Gasteiger partial charge in [-0.1, -0.05) is 6.07 Å². The van der Waals surface area contributed by atoms with Crippen LogP contribution in [0, 0.1) is 0 Å². The first kappa shape index (κ1) is 25.5. The van der Waals surface area contributed by atoms with E-state index in [9.17, 15) is 18.0 Å². The summed E-state index contributed by atoms with van der Waals surface area (Å²) >= 11 is 0. The lowest BCUT2D eigenvalue weighted by atomic mass is 10.1. The second kappa shape index (κ2) is 9.52. The molecule has 0 spiro atoms. The van der Waals surface area contributed by atoms with Gasteiger partial charge in [-0.05, 0) is 63.9 Å². The van der Waals surface area contributed by atoms with Gasteiger partial charge in [-0.2, -0.15) is 13.2 Å². The smallest absolute Gasteiger partial charge is 0.471 e. The lowest BCUT2D eigenvalue weighted by Crippen LogP contribution is -2.42. The molecule has 29 heavy (non-hydrogen) atoms. The maximum atomic E-state index is 12.8. The second-order valence-electron chi connectivity index (χ2n) is 8.76. The molecule has 1 rings (SSSR count). The number of halogens is 3. The molecule has 0 aliphatic rings. The van der Waals surface area contributed by atoms with E-state index in [4.69, 9.17) is 13.6 Å². The third kappa shape index (κ3) is 8.79. The number of carbonyl (C=O) groups is 1. The number of ether oxygens (including phenoxy) is 1. The van der Waals surface area contributed by atoms with Crippen molar-refractivity contribution >= 4 is 22.5 Å². The van der Waals surface area contributed by atoms with Crippen LogP contribution in [0.3, 0.4) is 0 Å². The summed E-state index contributed by atoms with van der Waals surface area (Å²) in [5, 5.41) is 0. The molecule has 0 bridgehead atoms. The summed E-state index contributed by atoms with van der Waals surface area (Å²) in [6.07, 6.45) is -5.64. The van der Waals surface area contributed by atoms with Gasteiger partial charge in [0.2, 0.25) is 8.32 Å². The number of alkyl halides is 3. The monoisotopic (exact) mass is 451 g/mol. The van der Waals surface area contributed by atoms with Crippen molar-refractivity contribution in [1.82, 2.24) is 4.90 Å². The zero-order chi connectivity index (χ0) is 22.6. The van der Waals surface area contributed by atoms with Crippen molar-refractivity contribution in [2.24, 2.45) is 0 Å². The molecular weight excluding hydrogens is 419 g/mol. The number of benzene rings is 1. The van der Waals surface area contributed by atoms with E-state index in [2.05, 4.69) is 0 Å². The minimum atomic E-state index is -4.93. The number of hydrogen-bond donors (Lipinski definition) is 0. The Labute approximate surface area is 173 Å². The Bertz CT molecular complexity index is 700. The molecule has 1 aromatic rings. The van der Waals surface area contributed by atoms with Crippen LogP contribution in [0.5, 0.6) is 11.5 Å². The molecule has 5 nitrogen and oxygen atoms in total. The van der Waals surface area contributed by atoms with Crippen LogP contribution < -0.4 is 9.16 Å². The molecule has 0 saturated heterocycles. The fourth-order valence-corrected chi connectivity index (χ4v) is 4.49. The van der Waals surface area contributed by atoms with E-state index >= 15 is 0 Å². The molecule has 166 valence electrons. The summed E-state index contributed by atoms with van der Waals surface area (Å²) in [5.41, 5.74) is 0.639. The zero-order valence-electron chi connectivity index (χ0n) is 18.4. The molecule has 0 N–H and O–H groups in total. The molecule has 1 aromatic carbocycles. The van der Waals surface area contributed by atoms with Crippen LogP contribution in [0.4, 0.5) is 13.2 Å². The highest BCUT2D eigenvalue weighted by molar-refractivity contribution is 6.70. The first-order chi connectivity index (χ1) is 13.0. The highest BCUT2D eigenvalue weighted by Gasteiger charge is 2.42. The third-order valence-corrected chi connectivity index (χ3v) is 5.40. The number of rotatable bonds is 9. The average Bonchev–Trinajstić information content (AvgIpc) is 2.51. The first-order valence-electron chi connectivity index (χ1n) is 9.49. The van der Waals surface area contributed by atoms with E-state index in [0.29, 0.717) is 28.6 Å². The van der Waals surface area contributed by atoms with Crippen molar-refractivity contribution in [2.75, 3.05) is 20.2 Å². The molecule has 0 aliphatic carbocycles. The van der Waals surface area contributed by atoms with Gasteiger partial charge in [0, 0.05) is 13.6 Å². The van der Waals surface area contributed by atoms with E-state index in [-0.39, 0.29) is 6.54 Å². The maximum Gasteiger partial charge on any atom is 0.471 e. The molecule has 0 fully saturated rings. The summed E-state index contributed by atoms with van der Waals surface area (Å²) in [7, 11) is -2.88. The number of likely N-dealkylation sites (N-methyl/N-ethyl adjacent to an activating group) is 1. The Balaban J connectivity index is 3.27. The van der Waals surface area contributed by atoms with Crippen LogP contribution in [0.25, 0.3) is 0 Å². The average molecular weight is 452 g/mol. The van der Waals surface area contributed by atoms with E-state index in [1.807, 2.05) is 46.2 Å². The Kier molecular flexibility index (Phi) is 8.38. The highest BCUT2D eigenvalue weighted by atomic mass is 28.4. The fraction of sp³-hybridized carbons (Fsp3) is 0.632. The van der Waals surface area contributed by atoms with Crippen molar-refractivity contribution in [3.05, 3.63) is 23.8 Å². The van der Waals surface area contributed by atoms with E-state index < -0.39 is 34.8 Å². The lowest BCUT2D eigenvalue weighted by Gasteiger charge is -2.31. The molecule has 0 aromatic heterocycles. The molecule has 10 heteroatoms. The fourth-order valence-electron chi connectivity index (χ4n) is 2.59. The predicted octanol–water partition coefficient (Wildman–Crippen LogP) is 5.21. The summed E-state index contributed by atoms with van der Waals surface area (Å²) in [6.45, 7) is 14.0. The second-order valence-corrected chi connectivity index (χ2v) is 17.6. The Morgan fingerprint density at radius 1 is 1.07 bits per heavy atom. The van der Waals surface area contributed by atoms with Gasteiger partial charge in [0.15, 0.2) is 14.1 Å². The largest absolute Gasteiger partial charge is 0.542 e. The third-order valence-electron chi connectivity index (χ3n) is 3.58.